The number of thioether (sulfide) groups is 1. The Morgan fingerprint density at radius 3 is 2.77 bits per heavy atom. The van der Waals surface area contributed by atoms with E-state index in [0.717, 1.165) is 35.5 Å². The summed E-state index contributed by atoms with van der Waals surface area (Å²) in [6.45, 7) is 0. The van der Waals surface area contributed by atoms with Gasteiger partial charge in [-0.25, -0.2) is 9.97 Å². The Hall–Kier alpha value is -1.71. The molecule has 4 rings (SSSR count). The van der Waals surface area contributed by atoms with E-state index in [2.05, 4.69) is 31.2 Å². The van der Waals surface area contributed by atoms with Gasteiger partial charge in [0.15, 0.2) is 9.47 Å². The normalized spacial score (nSPS) is 10.9. The summed E-state index contributed by atoms with van der Waals surface area (Å²) in [5.74, 6) is 0.186. The number of amides is 1. The third kappa shape index (κ3) is 5.70. The van der Waals surface area contributed by atoms with E-state index in [9.17, 15) is 4.79 Å². The molecule has 152 valence electrons. The number of anilines is 1. The monoisotopic (exact) mass is 535 g/mol. The molecular formula is C21H15BrClN3OS3. The molecule has 0 saturated heterocycles. The zero-order chi connectivity index (χ0) is 20.9. The van der Waals surface area contributed by atoms with Crippen LogP contribution in [0.25, 0.3) is 11.3 Å². The second-order valence-corrected chi connectivity index (χ2v) is 10.8. The molecule has 1 N–H and O–H groups in total. The van der Waals surface area contributed by atoms with Gasteiger partial charge >= 0.3 is 0 Å². The molecule has 0 aliphatic carbocycles. The molecule has 2 heterocycles. The number of rotatable bonds is 7. The molecular weight excluding hydrogens is 522 g/mol. The number of carbonyl (C=O) groups is 1. The van der Waals surface area contributed by atoms with Gasteiger partial charge in [-0.15, -0.1) is 22.7 Å². The number of halogens is 2. The molecule has 30 heavy (non-hydrogen) atoms. The summed E-state index contributed by atoms with van der Waals surface area (Å²) >= 11 is 14.1. The summed E-state index contributed by atoms with van der Waals surface area (Å²) in [6, 6.07) is 15.7. The molecule has 9 heteroatoms. The minimum atomic E-state index is -0.0981. The van der Waals surface area contributed by atoms with E-state index >= 15 is 0 Å². The average Bonchev–Trinajstić information content (AvgIpc) is 3.38. The van der Waals surface area contributed by atoms with Gasteiger partial charge < -0.3 is 5.32 Å². The highest BCUT2D eigenvalue weighted by Gasteiger charge is 2.11. The van der Waals surface area contributed by atoms with Gasteiger partial charge in [0, 0.05) is 37.9 Å². The lowest BCUT2D eigenvalue weighted by Crippen LogP contribution is -2.13. The lowest BCUT2D eigenvalue weighted by Gasteiger charge is -2.01. The van der Waals surface area contributed by atoms with Crippen molar-refractivity contribution in [2.45, 2.75) is 10.8 Å². The summed E-state index contributed by atoms with van der Waals surface area (Å²) in [6.07, 6.45) is 2.47. The quantitative estimate of drug-likeness (QED) is 0.258. The summed E-state index contributed by atoms with van der Waals surface area (Å²) in [7, 11) is 0. The van der Waals surface area contributed by atoms with Gasteiger partial charge in [0.1, 0.15) is 0 Å². The van der Waals surface area contributed by atoms with Crippen molar-refractivity contribution >= 4 is 73.0 Å². The SMILES string of the molecule is O=C(CSc1nc(-c2ccc(Br)cc2)cs1)Nc1ncc(Cc2ccccc2Cl)s1. The number of carbonyl (C=O) groups excluding carboxylic acids is 1. The number of hydrogen-bond donors (Lipinski definition) is 1. The van der Waals surface area contributed by atoms with Crippen LogP contribution in [0.1, 0.15) is 10.4 Å². The van der Waals surface area contributed by atoms with Crippen LogP contribution < -0.4 is 5.32 Å². The lowest BCUT2D eigenvalue weighted by atomic mass is 10.1. The van der Waals surface area contributed by atoms with Crippen molar-refractivity contribution in [3.63, 3.8) is 0 Å². The molecule has 4 aromatic rings. The molecule has 0 radical (unpaired) electrons. The first-order valence-corrected chi connectivity index (χ1v) is 12.7. The van der Waals surface area contributed by atoms with E-state index in [-0.39, 0.29) is 11.7 Å². The van der Waals surface area contributed by atoms with Gasteiger partial charge in [-0.3, -0.25) is 4.79 Å². The molecule has 2 aromatic heterocycles. The molecule has 0 spiro atoms. The highest BCUT2D eigenvalue weighted by Crippen LogP contribution is 2.29. The van der Waals surface area contributed by atoms with Crippen LogP contribution in [0.15, 0.2) is 68.9 Å². The minimum Gasteiger partial charge on any atom is -0.301 e. The van der Waals surface area contributed by atoms with Crippen LogP contribution in [0.3, 0.4) is 0 Å². The number of thiazole rings is 2. The zero-order valence-corrected chi connectivity index (χ0v) is 20.3. The van der Waals surface area contributed by atoms with Gasteiger partial charge in [0.2, 0.25) is 5.91 Å². The Morgan fingerprint density at radius 1 is 1.17 bits per heavy atom. The molecule has 0 atom stereocenters. The van der Waals surface area contributed by atoms with E-state index in [0.29, 0.717) is 11.6 Å². The summed E-state index contributed by atoms with van der Waals surface area (Å²) in [5, 5.41) is 6.20. The molecule has 4 nitrogen and oxygen atoms in total. The first-order valence-electron chi connectivity index (χ1n) is 8.89. The van der Waals surface area contributed by atoms with Crippen molar-refractivity contribution < 1.29 is 4.79 Å². The standard InChI is InChI=1S/C21H15BrClN3OS3/c22-15-7-5-13(6-8-15)18-11-28-21(25-18)29-12-19(27)26-20-24-10-16(30-20)9-14-3-1-2-4-17(14)23/h1-8,10-11H,9,12H2,(H,24,26,27). The molecule has 0 saturated carbocycles. The van der Waals surface area contributed by atoms with Crippen molar-refractivity contribution in [3.8, 4) is 11.3 Å². The molecule has 1 amide bonds. The predicted molar refractivity (Wildman–Crippen MR) is 131 cm³/mol. The molecule has 0 fully saturated rings. The molecule has 0 aliphatic rings. The number of benzene rings is 2. The third-order valence-corrected chi connectivity index (χ3v) is 7.90. The third-order valence-electron chi connectivity index (χ3n) is 4.07. The van der Waals surface area contributed by atoms with Gasteiger partial charge in [0.05, 0.1) is 11.4 Å². The van der Waals surface area contributed by atoms with E-state index in [1.54, 1.807) is 6.20 Å². The Morgan fingerprint density at radius 2 is 1.97 bits per heavy atom. The number of hydrogen-bond acceptors (Lipinski definition) is 6. The summed E-state index contributed by atoms with van der Waals surface area (Å²) in [4.78, 5) is 22.3. The van der Waals surface area contributed by atoms with Crippen LogP contribution in [0.5, 0.6) is 0 Å². The van der Waals surface area contributed by atoms with E-state index < -0.39 is 0 Å². The maximum atomic E-state index is 12.3. The van der Waals surface area contributed by atoms with Crippen LogP contribution in [0.4, 0.5) is 5.13 Å². The second-order valence-electron chi connectivity index (χ2n) is 6.24. The molecule has 0 bridgehead atoms. The topological polar surface area (TPSA) is 54.9 Å². The van der Waals surface area contributed by atoms with Gasteiger partial charge in [-0.05, 0) is 23.8 Å². The van der Waals surface area contributed by atoms with E-state index in [1.165, 1.54) is 34.4 Å². The fourth-order valence-electron chi connectivity index (χ4n) is 2.64. The molecule has 0 unspecified atom stereocenters. The van der Waals surface area contributed by atoms with Gasteiger partial charge in [0.25, 0.3) is 0 Å². The van der Waals surface area contributed by atoms with Gasteiger partial charge in [-0.1, -0.05) is 69.6 Å². The van der Waals surface area contributed by atoms with Crippen LogP contribution in [0.2, 0.25) is 5.02 Å². The summed E-state index contributed by atoms with van der Waals surface area (Å²) in [5.41, 5.74) is 3.01. The Labute approximate surface area is 199 Å². The lowest BCUT2D eigenvalue weighted by molar-refractivity contribution is -0.113. The highest BCUT2D eigenvalue weighted by molar-refractivity contribution is 9.10. The van der Waals surface area contributed by atoms with Crippen LogP contribution in [-0.4, -0.2) is 21.6 Å². The average molecular weight is 537 g/mol. The molecule has 2 aromatic carbocycles. The smallest absolute Gasteiger partial charge is 0.236 e. The fourth-order valence-corrected chi connectivity index (χ4v) is 5.59. The first-order chi connectivity index (χ1) is 14.6. The summed E-state index contributed by atoms with van der Waals surface area (Å²) < 4.78 is 1.89. The zero-order valence-electron chi connectivity index (χ0n) is 15.5. The van der Waals surface area contributed by atoms with E-state index in [1.807, 2.05) is 53.9 Å². The van der Waals surface area contributed by atoms with Crippen molar-refractivity contribution in [2.24, 2.45) is 0 Å². The van der Waals surface area contributed by atoms with Crippen molar-refractivity contribution in [3.05, 3.63) is 80.0 Å². The maximum absolute atomic E-state index is 12.3. The first kappa shape index (κ1) is 21.5. The van der Waals surface area contributed by atoms with Crippen molar-refractivity contribution in [2.75, 3.05) is 11.1 Å². The maximum Gasteiger partial charge on any atom is 0.236 e. The fraction of sp³-hybridized carbons (Fsp3) is 0.0952. The predicted octanol–water partition coefficient (Wildman–Crippen LogP) is 7.00. The Bertz CT molecular complexity index is 1160. The largest absolute Gasteiger partial charge is 0.301 e. The number of nitrogens with one attached hydrogen (secondary N) is 1. The van der Waals surface area contributed by atoms with Crippen LogP contribution in [0, 0.1) is 0 Å². The Balaban J connectivity index is 1.30. The van der Waals surface area contributed by atoms with Crippen LogP contribution >= 0.6 is 62.0 Å². The van der Waals surface area contributed by atoms with Crippen molar-refractivity contribution in [1.82, 2.24) is 9.97 Å². The number of aromatic nitrogens is 2. The second kappa shape index (κ2) is 10.1. The number of nitrogens with zero attached hydrogens (tertiary/aromatic N) is 2. The minimum absolute atomic E-state index is 0.0981. The van der Waals surface area contributed by atoms with Crippen molar-refractivity contribution in [1.29, 1.82) is 0 Å². The Kier molecular flexibility index (Phi) is 7.22. The molecule has 0 aliphatic heterocycles. The van der Waals surface area contributed by atoms with Crippen LogP contribution in [-0.2, 0) is 11.2 Å². The highest BCUT2D eigenvalue weighted by atomic mass is 79.9. The van der Waals surface area contributed by atoms with E-state index in [4.69, 9.17) is 11.6 Å². The van der Waals surface area contributed by atoms with Gasteiger partial charge in [-0.2, -0.15) is 0 Å².